The predicted octanol–water partition coefficient (Wildman–Crippen LogP) is 1.52. The van der Waals surface area contributed by atoms with Gasteiger partial charge >= 0.3 is 0 Å². The minimum Gasteiger partial charge on any atom is -0.373 e. The molecule has 3 rings (SSSR count). The molecule has 0 spiro atoms. The fourth-order valence-electron chi connectivity index (χ4n) is 3.28. The van der Waals surface area contributed by atoms with Crippen molar-refractivity contribution in [3.8, 4) is 0 Å². The van der Waals surface area contributed by atoms with Gasteiger partial charge in [-0.3, -0.25) is 14.2 Å². The highest BCUT2D eigenvalue weighted by atomic mass is 16.5. The quantitative estimate of drug-likeness (QED) is 0.901. The zero-order valence-corrected chi connectivity index (χ0v) is 14.5. The van der Waals surface area contributed by atoms with Gasteiger partial charge in [-0.05, 0) is 32.8 Å². The molecule has 0 aliphatic carbocycles. The Morgan fingerprint density at radius 3 is 2.96 bits per heavy atom. The number of ether oxygens (including phenoxy) is 1. The third-order valence-corrected chi connectivity index (χ3v) is 4.46. The topological polar surface area (TPSA) is 74.0 Å². The first-order valence-electron chi connectivity index (χ1n) is 8.41. The van der Waals surface area contributed by atoms with E-state index < -0.39 is 0 Å². The van der Waals surface area contributed by atoms with Crippen molar-refractivity contribution in [1.29, 1.82) is 0 Å². The van der Waals surface area contributed by atoms with Crippen LogP contribution in [0.4, 0.5) is 0 Å². The monoisotopic (exact) mass is 331 g/mol. The van der Waals surface area contributed by atoms with E-state index in [1.165, 1.54) is 0 Å². The molecule has 2 aromatic heterocycles. The van der Waals surface area contributed by atoms with Crippen LogP contribution in [0, 0.1) is 19.8 Å². The van der Waals surface area contributed by atoms with E-state index in [9.17, 15) is 4.79 Å². The van der Waals surface area contributed by atoms with Gasteiger partial charge in [0.1, 0.15) is 6.54 Å². The number of carbonyl (C=O) groups is 1. The lowest BCUT2D eigenvalue weighted by molar-refractivity contribution is -0.122. The van der Waals surface area contributed by atoms with Gasteiger partial charge in [-0.15, -0.1) is 0 Å². The average Bonchev–Trinajstić information content (AvgIpc) is 3.11. The highest BCUT2D eigenvalue weighted by Crippen LogP contribution is 2.32. The Bertz CT molecular complexity index is 706. The Balaban J connectivity index is 1.57. The number of aryl methyl sites for hydroxylation is 3. The molecular formula is C17H25N5O2. The van der Waals surface area contributed by atoms with Crippen LogP contribution in [-0.4, -0.2) is 38.6 Å². The number of rotatable bonds is 5. The summed E-state index contributed by atoms with van der Waals surface area (Å²) in [6.45, 7) is 5.51. The molecule has 1 amide bonds. The summed E-state index contributed by atoms with van der Waals surface area (Å²) >= 11 is 0. The molecule has 7 nitrogen and oxygen atoms in total. The van der Waals surface area contributed by atoms with Crippen LogP contribution in [0.5, 0.6) is 0 Å². The molecule has 0 bridgehead atoms. The molecule has 7 heteroatoms. The lowest BCUT2D eigenvalue weighted by Crippen LogP contribution is -2.36. The van der Waals surface area contributed by atoms with Crippen LogP contribution in [0.15, 0.2) is 18.5 Å². The van der Waals surface area contributed by atoms with Crippen LogP contribution in [0.3, 0.4) is 0 Å². The number of hydrogen-bond acceptors (Lipinski definition) is 4. The third-order valence-electron chi connectivity index (χ3n) is 4.46. The minimum atomic E-state index is -0.0169. The summed E-state index contributed by atoms with van der Waals surface area (Å²) in [5.74, 6) is 0.254. The molecule has 0 unspecified atom stereocenters. The number of amides is 1. The van der Waals surface area contributed by atoms with Crippen LogP contribution in [0.1, 0.15) is 35.9 Å². The van der Waals surface area contributed by atoms with Crippen molar-refractivity contribution in [2.75, 3.05) is 13.2 Å². The van der Waals surface area contributed by atoms with Crippen LogP contribution < -0.4 is 5.32 Å². The van der Waals surface area contributed by atoms with Crippen molar-refractivity contribution in [3.63, 3.8) is 0 Å². The molecule has 2 aromatic rings. The van der Waals surface area contributed by atoms with Gasteiger partial charge in [-0.1, -0.05) is 0 Å². The molecule has 0 radical (unpaired) electrons. The van der Waals surface area contributed by atoms with Gasteiger partial charge in [0, 0.05) is 43.6 Å². The first-order valence-corrected chi connectivity index (χ1v) is 8.41. The summed E-state index contributed by atoms with van der Waals surface area (Å²) in [6, 6.07) is 1.97. The zero-order valence-electron chi connectivity index (χ0n) is 14.5. The normalized spacial score (nSPS) is 21.0. The maximum absolute atomic E-state index is 12.2. The molecule has 0 saturated carbocycles. The molecule has 0 aromatic carbocycles. The summed E-state index contributed by atoms with van der Waals surface area (Å²) in [5.41, 5.74) is 3.00. The highest BCUT2D eigenvalue weighted by Gasteiger charge is 2.28. The van der Waals surface area contributed by atoms with E-state index >= 15 is 0 Å². The highest BCUT2D eigenvalue weighted by molar-refractivity contribution is 5.75. The van der Waals surface area contributed by atoms with E-state index in [-0.39, 0.29) is 24.5 Å². The van der Waals surface area contributed by atoms with Gasteiger partial charge in [-0.25, -0.2) is 0 Å². The summed E-state index contributed by atoms with van der Waals surface area (Å²) in [5, 5.41) is 11.6. The van der Waals surface area contributed by atoms with E-state index in [4.69, 9.17) is 4.74 Å². The molecule has 1 aliphatic rings. The lowest BCUT2D eigenvalue weighted by Gasteiger charge is -2.31. The molecule has 3 heterocycles. The molecule has 130 valence electrons. The SMILES string of the molecule is Cc1cc(C)n(CC(=O)NC[C@@H]2CCCO[C@H]2c2cnn(C)c2)n1. The number of aromatic nitrogens is 4. The number of carbonyl (C=O) groups excluding carboxylic acids is 1. The van der Waals surface area contributed by atoms with Gasteiger partial charge in [0.05, 0.1) is 18.0 Å². The van der Waals surface area contributed by atoms with Crippen molar-refractivity contribution >= 4 is 5.91 Å². The second-order valence-electron chi connectivity index (χ2n) is 6.53. The van der Waals surface area contributed by atoms with Crippen LogP contribution >= 0.6 is 0 Å². The first kappa shape index (κ1) is 16.7. The number of nitrogens with one attached hydrogen (secondary N) is 1. The Labute approximate surface area is 142 Å². The van der Waals surface area contributed by atoms with Crippen molar-refractivity contribution in [2.24, 2.45) is 13.0 Å². The van der Waals surface area contributed by atoms with Gasteiger partial charge < -0.3 is 10.1 Å². The third kappa shape index (κ3) is 3.84. The zero-order chi connectivity index (χ0) is 17.1. The van der Waals surface area contributed by atoms with E-state index in [0.29, 0.717) is 6.54 Å². The Morgan fingerprint density at radius 1 is 1.46 bits per heavy atom. The standard InChI is InChI=1S/C17H25N5O2/c1-12-7-13(2)22(20-12)11-16(23)18-8-14-5-4-6-24-17(14)15-9-19-21(3)10-15/h7,9-10,14,17H,4-6,8,11H2,1-3H3,(H,18,23)/t14-,17+/m0/s1. The van der Waals surface area contributed by atoms with Crippen LogP contribution in [0.2, 0.25) is 0 Å². The molecule has 1 N–H and O–H groups in total. The number of hydrogen-bond donors (Lipinski definition) is 1. The summed E-state index contributed by atoms with van der Waals surface area (Å²) in [7, 11) is 1.90. The molecular weight excluding hydrogens is 306 g/mol. The molecule has 2 atom stereocenters. The number of nitrogens with zero attached hydrogens (tertiary/aromatic N) is 4. The van der Waals surface area contributed by atoms with Crippen molar-refractivity contribution in [1.82, 2.24) is 24.9 Å². The predicted molar refractivity (Wildman–Crippen MR) is 89.3 cm³/mol. The summed E-state index contributed by atoms with van der Waals surface area (Å²) in [4.78, 5) is 12.2. The van der Waals surface area contributed by atoms with Crippen molar-refractivity contribution in [2.45, 2.75) is 39.3 Å². The maximum Gasteiger partial charge on any atom is 0.241 e. The van der Waals surface area contributed by atoms with Crippen molar-refractivity contribution in [3.05, 3.63) is 35.4 Å². The lowest BCUT2D eigenvalue weighted by atomic mass is 9.91. The van der Waals surface area contributed by atoms with E-state index in [1.54, 1.807) is 9.36 Å². The van der Waals surface area contributed by atoms with E-state index in [0.717, 1.165) is 36.4 Å². The van der Waals surface area contributed by atoms with E-state index in [1.807, 2.05) is 39.4 Å². The molecule has 1 fully saturated rings. The second-order valence-corrected chi connectivity index (χ2v) is 6.53. The molecule has 1 saturated heterocycles. The van der Waals surface area contributed by atoms with Crippen molar-refractivity contribution < 1.29 is 9.53 Å². The van der Waals surface area contributed by atoms with Gasteiger partial charge in [0.15, 0.2) is 0 Å². The Kier molecular flexibility index (Phi) is 4.99. The molecule has 24 heavy (non-hydrogen) atoms. The fourth-order valence-corrected chi connectivity index (χ4v) is 3.28. The van der Waals surface area contributed by atoms with Crippen LogP contribution in [0.25, 0.3) is 0 Å². The summed E-state index contributed by atoms with van der Waals surface area (Å²) < 4.78 is 9.46. The maximum atomic E-state index is 12.2. The largest absolute Gasteiger partial charge is 0.373 e. The van der Waals surface area contributed by atoms with Gasteiger partial charge in [-0.2, -0.15) is 10.2 Å². The van der Waals surface area contributed by atoms with E-state index in [2.05, 4.69) is 15.5 Å². The Hall–Kier alpha value is -2.15. The molecule has 1 aliphatic heterocycles. The second kappa shape index (κ2) is 7.17. The van der Waals surface area contributed by atoms with Gasteiger partial charge in [0.25, 0.3) is 0 Å². The van der Waals surface area contributed by atoms with Crippen LogP contribution in [-0.2, 0) is 23.1 Å². The minimum absolute atomic E-state index is 0.00133. The first-order chi connectivity index (χ1) is 11.5. The smallest absolute Gasteiger partial charge is 0.241 e. The average molecular weight is 331 g/mol. The summed E-state index contributed by atoms with van der Waals surface area (Å²) in [6.07, 6.45) is 5.90. The Morgan fingerprint density at radius 2 is 2.29 bits per heavy atom. The van der Waals surface area contributed by atoms with Gasteiger partial charge in [0.2, 0.25) is 5.91 Å². The fraction of sp³-hybridized carbons (Fsp3) is 0.588.